The molecule has 5 rings (SSSR count). The van der Waals surface area contributed by atoms with E-state index in [1.165, 1.54) is 10.6 Å². The fraction of sp³-hybridized carbons (Fsp3) is 0.222. The predicted molar refractivity (Wildman–Crippen MR) is 93.5 cm³/mol. The zero-order valence-corrected chi connectivity index (χ0v) is 14.5. The molecule has 8 nitrogen and oxygen atoms in total. The van der Waals surface area contributed by atoms with Gasteiger partial charge in [-0.25, -0.2) is 13.9 Å². The van der Waals surface area contributed by atoms with Crippen molar-refractivity contribution in [1.82, 2.24) is 34.3 Å². The molecule has 0 spiro atoms. The highest BCUT2D eigenvalue weighted by Crippen LogP contribution is 2.34. The van der Waals surface area contributed by atoms with Gasteiger partial charge in [0.05, 0.1) is 17.7 Å². The van der Waals surface area contributed by atoms with Gasteiger partial charge in [-0.2, -0.15) is 10.2 Å². The number of aromatic nitrogens is 6. The third-order valence-electron chi connectivity index (χ3n) is 4.98. The molecule has 0 saturated heterocycles. The van der Waals surface area contributed by atoms with E-state index in [1.807, 2.05) is 0 Å². The maximum Gasteiger partial charge on any atom is 0.273 e. The first-order chi connectivity index (χ1) is 13.1. The van der Waals surface area contributed by atoms with Crippen LogP contribution in [-0.2, 0) is 13.5 Å². The minimum Gasteiger partial charge on any atom is -0.348 e. The third-order valence-corrected chi connectivity index (χ3v) is 4.98. The number of aryl methyl sites for hydroxylation is 1. The van der Waals surface area contributed by atoms with Gasteiger partial charge in [-0.3, -0.25) is 9.48 Å². The molecule has 0 aliphatic carbocycles. The number of hydrogen-bond acceptors (Lipinski definition) is 4. The van der Waals surface area contributed by atoms with E-state index >= 15 is 0 Å². The molecule has 0 radical (unpaired) electrons. The Morgan fingerprint density at radius 3 is 3.04 bits per heavy atom. The molecule has 4 aromatic heterocycles. The maximum atomic E-state index is 14.2. The Balaban J connectivity index is 1.66. The molecule has 9 heteroatoms. The van der Waals surface area contributed by atoms with Crippen molar-refractivity contribution in [3.05, 3.63) is 71.6 Å². The summed E-state index contributed by atoms with van der Waals surface area (Å²) in [5.41, 5.74) is 3.12. The van der Waals surface area contributed by atoms with Crippen molar-refractivity contribution in [2.24, 2.45) is 7.05 Å². The van der Waals surface area contributed by atoms with Crippen LogP contribution < -0.4 is 0 Å². The largest absolute Gasteiger partial charge is 0.348 e. The van der Waals surface area contributed by atoms with E-state index in [-0.39, 0.29) is 11.7 Å². The fourth-order valence-corrected chi connectivity index (χ4v) is 3.66. The summed E-state index contributed by atoms with van der Waals surface area (Å²) in [6, 6.07) is 5.84. The molecular formula is C18H16FN7O. The summed E-state index contributed by atoms with van der Waals surface area (Å²) in [6.45, 7) is 0.500. The Morgan fingerprint density at radius 1 is 1.37 bits per heavy atom. The highest BCUT2D eigenvalue weighted by atomic mass is 19.1. The second-order valence-electron chi connectivity index (χ2n) is 6.51. The fourth-order valence-electron chi connectivity index (χ4n) is 3.66. The standard InChI is InChI=1S/C18H16FN7O/c1-24-14(4-6-22-24)18(27)25-8-5-12-16(21-10-20-12)17(25)13-9-15-11(19)3-2-7-26(15)23-13/h2-4,6-7,9-10,17H,5,8H2,1H3,(H,20,21). The van der Waals surface area contributed by atoms with Crippen molar-refractivity contribution >= 4 is 11.4 Å². The molecule has 1 atom stereocenters. The Morgan fingerprint density at radius 2 is 2.26 bits per heavy atom. The summed E-state index contributed by atoms with van der Waals surface area (Å²) < 4.78 is 17.2. The van der Waals surface area contributed by atoms with Crippen LogP contribution in [0.2, 0.25) is 0 Å². The molecule has 0 bridgehead atoms. The molecule has 1 aliphatic rings. The normalized spacial score (nSPS) is 16.7. The predicted octanol–water partition coefficient (Wildman–Crippen LogP) is 1.72. The van der Waals surface area contributed by atoms with E-state index < -0.39 is 6.04 Å². The van der Waals surface area contributed by atoms with Crippen LogP contribution in [0.1, 0.15) is 33.6 Å². The van der Waals surface area contributed by atoms with Crippen LogP contribution in [0.5, 0.6) is 0 Å². The lowest BCUT2D eigenvalue weighted by atomic mass is 9.99. The molecule has 0 aromatic carbocycles. The SMILES string of the molecule is Cn1nccc1C(=O)N1CCc2[nH]cnc2C1c1cc2c(F)cccn2n1. The molecule has 27 heavy (non-hydrogen) atoms. The first-order valence-electron chi connectivity index (χ1n) is 8.58. The molecule has 1 N–H and O–H groups in total. The number of H-pyrrole nitrogens is 1. The van der Waals surface area contributed by atoms with Gasteiger partial charge in [0.2, 0.25) is 0 Å². The number of hydrogen-bond donors (Lipinski definition) is 1. The number of fused-ring (bicyclic) bond motifs is 2. The second kappa shape index (κ2) is 5.76. The number of rotatable bonds is 2. The van der Waals surface area contributed by atoms with E-state index in [1.54, 1.807) is 53.5 Å². The summed E-state index contributed by atoms with van der Waals surface area (Å²) in [7, 11) is 1.73. The van der Waals surface area contributed by atoms with Crippen LogP contribution in [0.25, 0.3) is 5.52 Å². The van der Waals surface area contributed by atoms with E-state index in [0.717, 1.165) is 11.4 Å². The summed E-state index contributed by atoms with van der Waals surface area (Å²) in [5, 5.41) is 8.61. The number of nitrogens with one attached hydrogen (secondary N) is 1. The maximum absolute atomic E-state index is 14.2. The first-order valence-corrected chi connectivity index (χ1v) is 8.58. The van der Waals surface area contributed by atoms with Crippen molar-refractivity contribution in [3.63, 3.8) is 0 Å². The van der Waals surface area contributed by atoms with Gasteiger partial charge in [-0.05, 0) is 24.3 Å². The van der Waals surface area contributed by atoms with Crippen LogP contribution in [0.3, 0.4) is 0 Å². The highest BCUT2D eigenvalue weighted by molar-refractivity contribution is 5.93. The third kappa shape index (κ3) is 2.35. The number of halogens is 1. The van der Waals surface area contributed by atoms with Crippen molar-refractivity contribution in [1.29, 1.82) is 0 Å². The first kappa shape index (κ1) is 15.7. The Bertz CT molecular complexity index is 1160. The van der Waals surface area contributed by atoms with Gasteiger partial charge in [-0.1, -0.05) is 0 Å². The molecule has 0 fully saturated rings. The van der Waals surface area contributed by atoms with Crippen molar-refractivity contribution < 1.29 is 9.18 Å². The molecule has 5 heterocycles. The summed E-state index contributed by atoms with van der Waals surface area (Å²) in [4.78, 5) is 22.5. The minimum atomic E-state index is -0.498. The second-order valence-corrected chi connectivity index (χ2v) is 6.51. The van der Waals surface area contributed by atoms with Crippen molar-refractivity contribution in [3.8, 4) is 0 Å². The zero-order valence-electron chi connectivity index (χ0n) is 14.5. The molecule has 0 saturated carbocycles. The van der Waals surface area contributed by atoms with Gasteiger partial charge < -0.3 is 9.88 Å². The van der Waals surface area contributed by atoms with Crippen LogP contribution in [0.15, 0.2) is 43.0 Å². The summed E-state index contributed by atoms with van der Waals surface area (Å²) in [6.07, 6.45) is 5.55. The van der Waals surface area contributed by atoms with Crippen molar-refractivity contribution in [2.75, 3.05) is 6.54 Å². The Kier molecular flexibility index (Phi) is 3.36. The molecule has 4 aromatic rings. The lowest BCUT2D eigenvalue weighted by Gasteiger charge is -2.33. The number of aromatic amines is 1. The number of carbonyl (C=O) groups is 1. The van der Waals surface area contributed by atoms with Crippen molar-refractivity contribution in [2.45, 2.75) is 12.5 Å². The average molecular weight is 365 g/mol. The van der Waals surface area contributed by atoms with Crippen LogP contribution >= 0.6 is 0 Å². The number of amides is 1. The van der Waals surface area contributed by atoms with Crippen LogP contribution in [-0.4, -0.2) is 46.7 Å². The molecular weight excluding hydrogens is 349 g/mol. The van der Waals surface area contributed by atoms with E-state index in [0.29, 0.717) is 29.9 Å². The van der Waals surface area contributed by atoms with Gasteiger partial charge in [0, 0.05) is 38.1 Å². The number of pyridine rings is 1. The summed E-state index contributed by atoms with van der Waals surface area (Å²) >= 11 is 0. The van der Waals surface area contributed by atoms with Gasteiger partial charge >= 0.3 is 0 Å². The topological polar surface area (TPSA) is 84.1 Å². The minimum absolute atomic E-state index is 0.161. The quantitative estimate of drug-likeness (QED) is 0.586. The van der Waals surface area contributed by atoms with Gasteiger partial charge in [-0.15, -0.1) is 0 Å². The number of nitrogens with zero attached hydrogens (tertiary/aromatic N) is 6. The summed E-state index contributed by atoms with van der Waals surface area (Å²) in [5.74, 6) is -0.523. The average Bonchev–Trinajstić information content (AvgIpc) is 3.39. The Labute approximate surface area is 153 Å². The van der Waals surface area contributed by atoms with Gasteiger partial charge in [0.1, 0.15) is 23.1 Å². The van der Waals surface area contributed by atoms with Gasteiger partial charge in [0.15, 0.2) is 0 Å². The molecule has 1 aliphatic heterocycles. The molecule has 136 valence electrons. The smallest absolute Gasteiger partial charge is 0.273 e. The number of carbonyl (C=O) groups excluding carboxylic acids is 1. The number of imidazole rings is 1. The van der Waals surface area contributed by atoms with E-state index in [2.05, 4.69) is 20.2 Å². The van der Waals surface area contributed by atoms with E-state index in [4.69, 9.17) is 0 Å². The van der Waals surface area contributed by atoms with Crippen LogP contribution in [0, 0.1) is 5.82 Å². The Hall–Kier alpha value is -3.49. The lowest BCUT2D eigenvalue weighted by Crippen LogP contribution is -2.41. The monoisotopic (exact) mass is 365 g/mol. The van der Waals surface area contributed by atoms with Gasteiger partial charge in [0.25, 0.3) is 5.91 Å². The van der Waals surface area contributed by atoms with Crippen LogP contribution in [0.4, 0.5) is 4.39 Å². The molecule has 1 unspecified atom stereocenters. The lowest BCUT2D eigenvalue weighted by molar-refractivity contribution is 0.0675. The molecule has 1 amide bonds. The highest BCUT2D eigenvalue weighted by Gasteiger charge is 2.37. The van der Waals surface area contributed by atoms with E-state index in [9.17, 15) is 9.18 Å². The zero-order chi connectivity index (χ0) is 18.5.